The molecule has 0 fully saturated rings. The third-order valence-electron chi connectivity index (χ3n) is 5.75. The number of carbonyl (C=O) groups is 2. The monoisotopic (exact) mass is 608 g/mol. The van der Waals surface area contributed by atoms with Gasteiger partial charge in [0.25, 0.3) is 5.91 Å². The molecule has 4 aromatic rings. The molecule has 4 rings (SSSR count). The molecule has 0 aliphatic heterocycles. The predicted octanol–water partition coefficient (Wildman–Crippen LogP) is 5.00. The number of carboxylic acid groups (broad SMARTS) is 1. The maximum absolute atomic E-state index is 13.2. The van der Waals surface area contributed by atoms with E-state index >= 15 is 0 Å². The highest BCUT2D eigenvalue weighted by Crippen LogP contribution is 2.32. The number of nitrogens with two attached hydrogens (primary N) is 1. The van der Waals surface area contributed by atoms with Crippen molar-refractivity contribution in [2.45, 2.75) is 25.8 Å². The van der Waals surface area contributed by atoms with Gasteiger partial charge >= 0.3 is 18.3 Å². The summed E-state index contributed by atoms with van der Waals surface area (Å²) < 4.78 is 72.5. The van der Waals surface area contributed by atoms with Crippen molar-refractivity contribution in [3.05, 3.63) is 95.3 Å². The zero-order chi connectivity index (χ0) is 31.8. The van der Waals surface area contributed by atoms with Gasteiger partial charge in [-0.25, -0.2) is 9.78 Å². The Kier molecular flexibility index (Phi) is 10.5. The van der Waals surface area contributed by atoms with Crippen molar-refractivity contribution < 1.29 is 41.0 Å². The lowest BCUT2D eigenvalue weighted by Gasteiger charge is -2.11. The van der Waals surface area contributed by atoms with Gasteiger partial charge in [0.2, 0.25) is 0 Å². The highest BCUT2D eigenvalue weighted by atomic mass is 19.4. The number of rotatable bonds is 8. The number of hydrogen-bond donors (Lipinski definition) is 4. The average molecular weight is 609 g/mol. The van der Waals surface area contributed by atoms with E-state index in [0.717, 1.165) is 18.7 Å². The Morgan fingerprint density at radius 2 is 1.58 bits per heavy atom. The summed E-state index contributed by atoms with van der Waals surface area (Å²) in [4.78, 5) is 25.5. The lowest BCUT2D eigenvalue weighted by atomic mass is 10.1. The summed E-state index contributed by atoms with van der Waals surface area (Å²) in [6, 6.07) is 18.6. The Bertz CT molecular complexity index is 1540. The molecular formula is C28H26F6N6O3. The van der Waals surface area contributed by atoms with Crippen LogP contribution >= 0.6 is 0 Å². The van der Waals surface area contributed by atoms with Crippen molar-refractivity contribution in [1.82, 2.24) is 25.4 Å². The number of aromatic nitrogens is 3. The molecule has 0 radical (unpaired) electrons. The van der Waals surface area contributed by atoms with Gasteiger partial charge in [0.15, 0.2) is 5.82 Å². The van der Waals surface area contributed by atoms with Crippen LogP contribution in [0.1, 0.15) is 27.2 Å². The Balaban J connectivity index is 0.000000646. The van der Waals surface area contributed by atoms with Crippen molar-refractivity contribution in [3.8, 4) is 16.9 Å². The summed E-state index contributed by atoms with van der Waals surface area (Å²) in [5.41, 5.74) is 8.40. The molecule has 228 valence electrons. The zero-order valence-corrected chi connectivity index (χ0v) is 22.5. The van der Waals surface area contributed by atoms with Crippen molar-refractivity contribution in [3.63, 3.8) is 0 Å². The van der Waals surface area contributed by atoms with Crippen LogP contribution in [0.2, 0.25) is 0 Å². The topological polar surface area (TPSA) is 135 Å². The first-order chi connectivity index (χ1) is 20.2. The molecule has 0 aliphatic carbocycles. The van der Waals surface area contributed by atoms with Crippen molar-refractivity contribution in [1.29, 1.82) is 0 Å². The van der Waals surface area contributed by atoms with E-state index in [4.69, 9.17) is 15.6 Å². The fourth-order valence-electron chi connectivity index (χ4n) is 3.68. The SMILES string of the molecule is Cc1cc(C(F)(F)F)cc(-n2ncc(-c3ccc(C(=O)NCCNCc4ccccc4)cc3)c2N)n1.O=C(O)C(F)(F)F. The molecule has 0 atom stereocenters. The second-order valence-corrected chi connectivity index (χ2v) is 9.01. The third-order valence-corrected chi connectivity index (χ3v) is 5.75. The van der Waals surface area contributed by atoms with Gasteiger partial charge in [-0.05, 0) is 42.3 Å². The molecule has 0 aliphatic rings. The molecule has 9 nitrogen and oxygen atoms in total. The zero-order valence-electron chi connectivity index (χ0n) is 22.5. The van der Waals surface area contributed by atoms with E-state index in [1.807, 2.05) is 30.3 Å². The average Bonchev–Trinajstić information content (AvgIpc) is 3.33. The second-order valence-electron chi connectivity index (χ2n) is 9.01. The van der Waals surface area contributed by atoms with E-state index in [9.17, 15) is 31.1 Å². The Labute approximate surface area is 241 Å². The van der Waals surface area contributed by atoms with Gasteiger partial charge in [0.1, 0.15) is 5.82 Å². The maximum Gasteiger partial charge on any atom is 0.490 e. The number of nitrogens with zero attached hydrogens (tertiary/aromatic N) is 3. The van der Waals surface area contributed by atoms with Gasteiger partial charge in [0, 0.05) is 36.5 Å². The van der Waals surface area contributed by atoms with Crippen molar-refractivity contribution in [2.75, 3.05) is 18.8 Å². The standard InChI is InChI=1S/C26H25F3N6O.C2HF3O2/c1-17-13-21(26(27,28)29)14-23(34-17)35-24(30)22(16-33-35)19-7-9-20(10-8-19)25(36)32-12-11-31-15-18-5-3-2-4-6-18;3-2(4,5)1(6)7/h2-10,13-14,16,31H,11-12,15,30H2,1H3,(H,32,36);(H,6,7). The highest BCUT2D eigenvalue weighted by Gasteiger charge is 2.38. The summed E-state index contributed by atoms with van der Waals surface area (Å²) in [5, 5.41) is 17.4. The van der Waals surface area contributed by atoms with E-state index in [2.05, 4.69) is 20.7 Å². The summed E-state index contributed by atoms with van der Waals surface area (Å²) >= 11 is 0. The van der Waals surface area contributed by atoms with Crippen LogP contribution in [0.25, 0.3) is 16.9 Å². The number of aryl methyl sites for hydroxylation is 1. The first-order valence-corrected chi connectivity index (χ1v) is 12.5. The second kappa shape index (κ2) is 13.8. The molecule has 2 aromatic heterocycles. The number of benzene rings is 2. The number of nitrogen functional groups attached to an aromatic ring is 1. The largest absolute Gasteiger partial charge is 0.490 e. The molecular weight excluding hydrogens is 582 g/mol. The van der Waals surface area contributed by atoms with E-state index in [1.54, 1.807) is 24.3 Å². The fraction of sp³-hybridized carbons (Fsp3) is 0.214. The number of carbonyl (C=O) groups excluding carboxylic acids is 1. The number of anilines is 1. The molecule has 0 saturated carbocycles. The number of aliphatic carboxylic acids is 1. The van der Waals surface area contributed by atoms with Crippen LogP contribution < -0.4 is 16.4 Å². The maximum atomic E-state index is 13.2. The number of hydrogen-bond acceptors (Lipinski definition) is 6. The number of halogens is 6. The van der Waals surface area contributed by atoms with Crippen LogP contribution in [0.15, 0.2) is 72.9 Å². The van der Waals surface area contributed by atoms with E-state index in [0.29, 0.717) is 29.8 Å². The molecule has 2 heterocycles. The molecule has 43 heavy (non-hydrogen) atoms. The van der Waals surface area contributed by atoms with E-state index in [-0.39, 0.29) is 23.2 Å². The molecule has 0 spiro atoms. The number of carboxylic acids is 1. The van der Waals surface area contributed by atoms with Crippen LogP contribution in [0.3, 0.4) is 0 Å². The van der Waals surface area contributed by atoms with Crippen LogP contribution in [-0.4, -0.2) is 51.0 Å². The number of alkyl halides is 6. The first-order valence-electron chi connectivity index (χ1n) is 12.5. The first kappa shape index (κ1) is 32.6. The number of amides is 1. The van der Waals surface area contributed by atoms with Gasteiger partial charge in [0.05, 0.1) is 11.8 Å². The van der Waals surface area contributed by atoms with Gasteiger partial charge in [-0.15, -0.1) is 0 Å². The number of nitrogens with one attached hydrogen (secondary N) is 2. The summed E-state index contributed by atoms with van der Waals surface area (Å²) in [7, 11) is 0. The predicted molar refractivity (Wildman–Crippen MR) is 145 cm³/mol. The van der Waals surface area contributed by atoms with Crippen LogP contribution in [-0.2, 0) is 17.5 Å². The Morgan fingerprint density at radius 3 is 2.16 bits per heavy atom. The molecule has 2 aromatic carbocycles. The molecule has 0 bridgehead atoms. The van der Waals surface area contributed by atoms with Crippen molar-refractivity contribution >= 4 is 17.7 Å². The van der Waals surface area contributed by atoms with Crippen LogP contribution in [0.5, 0.6) is 0 Å². The number of pyridine rings is 1. The molecule has 15 heteroatoms. The molecule has 1 amide bonds. The van der Waals surface area contributed by atoms with Gasteiger partial charge in [-0.1, -0.05) is 42.5 Å². The van der Waals surface area contributed by atoms with E-state index in [1.165, 1.54) is 23.4 Å². The smallest absolute Gasteiger partial charge is 0.475 e. The van der Waals surface area contributed by atoms with Crippen molar-refractivity contribution in [2.24, 2.45) is 0 Å². The minimum atomic E-state index is -5.08. The van der Waals surface area contributed by atoms with Crippen LogP contribution in [0, 0.1) is 6.92 Å². The highest BCUT2D eigenvalue weighted by molar-refractivity contribution is 5.94. The summed E-state index contributed by atoms with van der Waals surface area (Å²) in [5.74, 6) is -2.85. The Hall–Kier alpha value is -4.92. The Morgan fingerprint density at radius 1 is 0.953 bits per heavy atom. The lowest BCUT2D eigenvalue weighted by molar-refractivity contribution is -0.192. The lowest BCUT2D eigenvalue weighted by Crippen LogP contribution is -2.31. The quantitative estimate of drug-likeness (QED) is 0.163. The van der Waals surface area contributed by atoms with Gasteiger partial charge < -0.3 is 21.5 Å². The minimum absolute atomic E-state index is 0.0250. The third kappa shape index (κ3) is 9.29. The van der Waals surface area contributed by atoms with Crippen LogP contribution in [0.4, 0.5) is 32.2 Å². The molecule has 0 saturated heterocycles. The van der Waals surface area contributed by atoms with Gasteiger partial charge in [-0.3, -0.25) is 4.79 Å². The molecule has 0 unspecified atom stereocenters. The normalized spacial score (nSPS) is 11.4. The minimum Gasteiger partial charge on any atom is -0.475 e. The summed E-state index contributed by atoms with van der Waals surface area (Å²) in [6.45, 7) is 3.28. The molecule has 5 N–H and O–H groups in total. The van der Waals surface area contributed by atoms with E-state index < -0.39 is 23.9 Å². The summed E-state index contributed by atoms with van der Waals surface area (Å²) in [6.07, 6.45) is -8.14. The fourth-order valence-corrected chi connectivity index (χ4v) is 3.68. The van der Waals surface area contributed by atoms with Gasteiger partial charge in [-0.2, -0.15) is 36.1 Å².